The van der Waals surface area contributed by atoms with E-state index in [1.54, 1.807) is 12.3 Å². The number of carboxylic acid groups (broad SMARTS) is 1. The van der Waals surface area contributed by atoms with Gasteiger partial charge in [-0.05, 0) is 12.0 Å². The van der Waals surface area contributed by atoms with E-state index < -0.39 is 5.97 Å². The zero-order valence-corrected chi connectivity index (χ0v) is 12.9. The van der Waals surface area contributed by atoms with Crippen LogP contribution in [0.3, 0.4) is 0 Å². The lowest BCUT2D eigenvalue weighted by Crippen LogP contribution is -2.09. The van der Waals surface area contributed by atoms with Gasteiger partial charge in [-0.2, -0.15) is 0 Å². The first-order chi connectivity index (χ1) is 9.51. The number of carboxylic acids is 1. The molecule has 0 aliphatic carbocycles. The van der Waals surface area contributed by atoms with E-state index in [0.717, 1.165) is 18.6 Å². The average Bonchev–Trinajstić information content (AvgIpc) is 2.73. The van der Waals surface area contributed by atoms with Crippen molar-refractivity contribution in [3.05, 3.63) is 17.3 Å². The molecule has 20 heavy (non-hydrogen) atoms. The van der Waals surface area contributed by atoms with Crippen LogP contribution in [0.25, 0.3) is 11.2 Å². The summed E-state index contributed by atoms with van der Waals surface area (Å²) in [5.74, 6) is -0.408. The highest BCUT2D eigenvalue weighted by atomic mass is 35.5. The van der Waals surface area contributed by atoms with Gasteiger partial charge in [-0.25, -0.2) is 9.97 Å². The highest BCUT2D eigenvalue weighted by Crippen LogP contribution is 2.26. The molecule has 1 N–H and O–H groups in total. The van der Waals surface area contributed by atoms with Crippen molar-refractivity contribution in [2.75, 3.05) is 5.75 Å². The fraction of sp³-hybridized carbons (Fsp3) is 0.462. The molecule has 1 atom stereocenters. The van der Waals surface area contributed by atoms with E-state index in [0.29, 0.717) is 21.6 Å². The first-order valence-electron chi connectivity index (χ1n) is 6.37. The minimum absolute atomic E-state index is 0.0163. The molecule has 0 fully saturated rings. The Morgan fingerprint density at radius 1 is 1.60 bits per heavy atom. The Balaban J connectivity index is 2.41. The summed E-state index contributed by atoms with van der Waals surface area (Å²) in [6.45, 7) is 5.04. The second-order valence-electron chi connectivity index (χ2n) is 4.70. The van der Waals surface area contributed by atoms with Crippen LogP contribution in [-0.4, -0.2) is 31.4 Å². The second-order valence-corrected chi connectivity index (χ2v) is 6.08. The normalized spacial score (nSPS) is 12.8. The Bertz CT molecular complexity index is 629. The molecule has 0 amide bonds. The molecule has 0 aliphatic heterocycles. The fourth-order valence-electron chi connectivity index (χ4n) is 1.81. The molecule has 2 heterocycles. The van der Waals surface area contributed by atoms with Crippen molar-refractivity contribution in [2.45, 2.75) is 32.0 Å². The number of halogens is 1. The number of pyridine rings is 1. The summed E-state index contributed by atoms with van der Waals surface area (Å²) in [4.78, 5) is 19.5. The fourth-order valence-corrected chi connectivity index (χ4v) is 2.69. The van der Waals surface area contributed by atoms with Crippen molar-refractivity contribution in [2.24, 2.45) is 5.92 Å². The maximum Gasteiger partial charge on any atom is 0.313 e. The van der Waals surface area contributed by atoms with E-state index in [1.165, 1.54) is 11.8 Å². The maximum atomic E-state index is 10.7. The van der Waals surface area contributed by atoms with Crippen LogP contribution in [0.5, 0.6) is 0 Å². The van der Waals surface area contributed by atoms with Crippen molar-refractivity contribution in [3.8, 4) is 0 Å². The molecule has 0 saturated heterocycles. The molecule has 0 saturated carbocycles. The van der Waals surface area contributed by atoms with Crippen molar-refractivity contribution < 1.29 is 9.90 Å². The molecule has 0 aromatic carbocycles. The Labute approximate surface area is 126 Å². The molecule has 108 valence electrons. The largest absolute Gasteiger partial charge is 0.481 e. The summed E-state index contributed by atoms with van der Waals surface area (Å²) in [6.07, 6.45) is 2.63. The van der Waals surface area contributed by atoms with Gasteiger partial charge < -0.3 is 9.67 Å². The predicted molar refractivity (Wildman–Crippen MR) is 80.4 cm³/mol. The summed E-state index contributed by atoms with van der Waals surface area (Å²) in [5, 5.41) is 10.0. The summed E-state index contributed by atoms with van der Waals surface area (Å²) < 4.78 is 1.98. The third-order valence-electron chi connectivity index (χ3n) is 3.03. The number of aromatic nitrogens is 3. The van der Waals surface area contributed by atoms with Crippen LogP contribution in [-0.2, 0) is 11.3 Å². The summed E-state index contributed by atoms with van der Waals surface area (Å²) in [6, 6.07) is 1.75. The SMILES string of the molecule is CCC(C)Cn1c(SCC(=O)O)nc2cc(Cl)cnc21. The van der Waals surface area contributed by atoms with Gasteiger partial charge in [0.05, 0.1) is 10.8 Å². The number of imidazole rings is 1. The third-order valence-corrected chi connectivity index (χ3v) is 4.20. The van der Waals surface area contributed by atoms with E-state index in [4.69, 9.17) is 16.7 Å². The molecule has 0 bridgehead atoms. The van der Waals surface area contributed by atoms with Crippen molar-refractivity contribution in [1.82, 2.24) is 14.5 Å². The molecule has 2 aromatic heterocycles. The van der Waals surface area contributed by atoms with E-state index >= 15 is 0 Å². The Morgan fingerprint density at radius 2 is 2.35 bits per heavy atom. The molecule has 1 unspecified atom stereocenters. The van der Waals surface area contributed by atoms with Crippen molar-refractivity contribution in [3.63, 3.8) is 0 Å². The first kappa shape index (κ1) is 15.1. The van der Waals surface area contributed by atoms with Crippen LogP contribution in [0.1, 0.15) is 20.3 Å². The zero-order valence-electron chi connectivity index (χ0n) is 11.3. The second kappa shape index (κ2) is 6.45. The van der Waals surface area contributed by atoms with Gasteiger partial charge in [0.25, 0.3) is 0 Å². The standard InChI is InChI=1S/C13H16ClN3O2S/c1-3-8(2)6-17-12-10(4-9(14)5-15-12)16-13(17)20-7-11(18)19/h4-5,8H,3,6-7H2,1-2H3,(H,18,19). The number of rotatable bonds is 6. The lowest BCUT2D eigenvalue weighted by molar-refractivity contribution is -0.133. The summed E-state index contributed by atoms with van der Waals surface area (Å²) in [5.41, 5.74) is 1.45. The van der Waals surface area contributed by atoms with Gasteiger partial charge in [0, 0.05) is 12.7 Å². The number of hydrogen-bond donors (Lipinski definition) is 1. The molecule has 2 aromatic rings. The minimum Gasteiger partial charge on any atom is -0.481 e. The predicted octanol–water partition coefficient (Wildman–Crippen LogP) is 3.31. The molecular weight excluding hydrogens is 298 g/mol. The van der Waals surface area contributed by atoms with Crippen LogP contribution in [0.2, 0.25) is 5.02 Å². The molecule has 2 rings (SSSR count). The van der Waals surface area contributed by atoms with Crippen LogP contribution in [0.4, 0.5) is 0 Å². The van der Waals surface area contributed by atoms with Crippen LogP contribution in [0, 0.1) is 5.92 Å². The van der Waals surface area contributed by atoms with E-state index in [9.17, 15) is 4.79 Å². The van der Waals surface area contributed by atoms with Crippen LogP contribution >= 0.6 is 23.4 Å². The molecule has 7 heteroatoms. The molecule has 0 radical (unpaired) electrons. The Morgan fingerprint density at radius 3 is 3.00 bits per heavy atom. The molecule has 5 nitrogen and oxygen atoms in total. The van der Waals surface area contributed by atoms with Gasteiger partial charge in [-0.3, -0.25) is 4.79 Å². The van der Waals surface area contributed by atoms with Gasteiger partial charge in [-0.15, -0.1) is 0 Å². The number of nitrogens with zero attached hydrogens (tertiary/aromatic N) is 3. The molecule has 0 spiro atoms. The van der Waals surface area contributed by atoms with E-state index in [1.807, 2.05) is 4.57 Å². The van der Waals surface area contributed by atoms with Gasteiger partial charge in [-0.1, -0.05) is 43.6 Å². The zero-order chi connectivity index (χ0) is 14.7. The lowest BCUT2D eigenvalue weighted by atomic mass is 10.1. The number of thioether (sulfide) groups is 1. The van der Waals surface area contributed by atoms with Gasteiger partial charge in [0.2, 0.25) is 0 Å². The number of hydrogen-bond acceptors (Lipinski definition) is 4. The quantitative estimate of drug-likeness (QED) is 0.829. The topological polar surface area (TPSA) is 68.0 Å². The molecule has 0 aliphatic rings. The number of fused-ring (bicyclic) bond motifs is 1. The van der Waals surface area contributed by atoms with Gasteiger partial charge in [0.1, 0.15) is 5.52 Å². The van der Waals surface area contributed by atoms with Crippen LogP contribution < -0.4 is 0 Å². The molecular formula is C13H16ClN3O2S. The van der Waals surface area contributed by atoms with Gasteiger partial charge in [0.15, 0.2) is 10.8 Å². The van der Waals surface area contributed by atoms with Crippen molar-refractivity contribution >= 4 is 40.5 Å². The highest BCUT2D eigenvalue weighted by Gasteiger charge is 2.15. The van der Waals surface area contributed by atoms with Crippen LogP contribution in [0.15, 0.2) is 17.4 Å². The summed E-state index contributed by atoms with van der Waals surface area (Å²) >= 11 is 7.14. The monoisotopic (exact) mass is 313 g/mol. The number of aliphatic carboxylic acids is 1. The Hall–Kier alpha value is -1.27. The highest BCUT2D eigenvalue weighted by molar-refractivity contribution is 7.99. The van der Waals surface area contributed by atoms with E-state index in [-0.39, 0.29) is 5.75 Å². The van der Waals surface area contributed by atoms with Gasteiger partial charge >= 0.3 is 5.97 Å². The Kier molecular flexibility index (Phi) is 4.88. The summed E-state index contributed by atoms with van der Waals surface area (Å²) in [7, 11) is 0. The van der Waals surface area contributed by atoms with Crippen molar-refractivity contribution in [1.29, 1.82) is 0 Å². The smallest absolute Gasteiger partial charge is 0.313 e. The van der Waals surface area contributed by atoms with E-state index in [2.05, 4.69) is 23.8 Å². The lowest BCUT2D eigenvalue weighted by Gasteiger charge is -2.12. The number of carbonyl (C=O) groups is 1. The third kappa shape index (κ3) is 3.43. The average molecular weight is 314 g/mol. The minimum atomic E-state index is -0.858. The first-order valence-corrected chi connectivity index (χ1v) is 7.74. The maximum absolute atomic E-state index is 10.7.